The Kier molecular flexibility index (Phi) is 4.08. The lowest BCUT2D eigenvalue weighted by Gasteiger charge is -2.02. The lowest BCUT2D eigenvalue weighted by atomic mass is 10.1. The molecule has 0 spiro atoms. The topological polar surface area (TPSA) is 54.0 Å². The lowest BCUT2D eigenvalue weighted by molar-refractivity contribution is -0.115. The van der Waals surface area contributed by atoms with Gasteiger partial charge in [-0.1, -0.05) is 30.3 Å². The molecule has 1 aliphatic rings. The highest BCUT2D eigenvalue weighted by Gasteiger charge is 2.15. The van der Waals surface area contributed by atoms with Crippen molar-refractivity contribution in [3.8, 4) is 0 Å². The van der Waals surface area contributed by atoms with Crippen LogP contribution < -0.4 is 10.6 Å². The molecule has 1 aromatic carbocycles. The quantitative estimate of drug-likeness (QED) is 0.908. The number of anilines is 1. The van der Waals surface area contributed by atoms with Crippen LogP contribution in [-0.2, 0) is 24.1 Å². The summed E-state index contributed by atoms with van der Waals surface area (Å²) in [5.74, 6) is -0.00163. The van der Waals surface area contributed by atoms with Crippen LogP contribution in [0.15, 0.2) is 30.3 Å². The van der Waals surface area contributed by atoms with Crippen LogP contribution in [0, 0.1) is 0 Å². The zero-order chi connectivity index (χ0) is 13.8. The molecule has 104 valence electrons. The molecule has 2 aromatic rings. The van der Waals surface area contributed by atoms with Crippen LogP contribution >= 0.6 is 11.3 Å². The van der Waals surface area contributed by atoms with E-state index in [1.807, 2.05) is 30.3 Å². The van der Waals surface area contributed by atoms with Gasteiger partial charge in [0.25, 0.3) is 0 Å². The van der Waals surface area contributed by atoms with Crippen molar-refractivity contribution in [2.75, 3.05) is 18.4 Å². The normalized spacial score (nSPS) is 14.4. The number of nitrogens with one attached hydrogen (secondary N) is 2. The summed E-state index contributed by atoms with van der Waals surface area (Å²) in [6.45, 7) is 1.96. The van der Waals surface area contributed by atoms with Gasteiger partial charge in [0.05, 0.1) is 12.1 Å². The van der Waals surface area contributed by atoms with E-state index in [9.17, 15) is 4.79 Å². The molecule has 0 saturated heterocycles. The number of aromatic nitrogens is 1. The molecule has 5 heteroatoms. The zero-order valence-electron chi connectivity index (χ0n) is 11.2. The van der Waals surface area contributed by atoms with E-state index in [1.54, 1.807) is 11.3 Å². The summed E-state index contributed by atoms with van der Waals surface area (Å²) in [6.07, 6.45) is 2.34. The van der Waals surface area contributed by atoms with E-state index >= 15 is 0 Å². The monoisotopic (exact) mass is 287 g/mol. The summed E-state index contributed by atoms with van der Waals surface area (Å²) < 4.78 is 0. The van der Waals surface area contributed by atoms with Gasteiger partial charge in [0.15, 0.2) is 5.13 Å². The van der Waals surface area contributed by atoms with Crippen molar-refractivity contribution >= 4 is 22.4 Å². The Morgan fingerprint density at radius 1 is 1.25 bits per heavy atom. The molecule has 20 heavy (non-hydrogen) atoms. The second-order valence-corrected chi connectivity index (χ2v) is 5.93. The molecule has 3 rings (SSSR count). The summed E-state index contributed by atoms with van der Waals surface area (Å²) in [7, 11) is 0. The number of nitrogens with zero attached hydrogens (tertiary/aromatic N) is 1. The fraction of sp³-hybridized carbons (Fsp3) is 0.333. The van der Waals surface area contributed by atoms with Crippen LogP contribution in [0.3, 0.4) is 0 Å². The maximum atomic E-state index is 12.0. The van der Waals surface area contributed by atoms with E-state index in [0.29, 0.717) is 6.42 Å². The minimum Gasteiger partial charge on any atom is -0.316 e. The first-order chi connectivity index (χ1) is 9.81. The largest absolute Gasteiger partial charge is 0.316 e. The van der Waals surface area contributed by atoms with Crippen LogP contribution in [0.5, 0.6) is 0 Å². The number of amides is 1. The van der Waals surface area contributed by atoms with Gasteiger partial charge in [-0.15, -0.1) is 11.3 Å². The molecular weight excluding hydrogens is 270 g/mol. The van der Waals surface area contributed by atoms with E-state index < -0.39 is 0 Å². The molecule has 2 N–H and O–H groups in total. The first kappa shape index (κ1) is 13.3. The Balaban J connectivity index is 1.64. The van der Waals surface area contributed by atoms with Crippen LogP contribution in [0.25, 0.3) is 0 Å². The van der Waals surface area contributed by atoms with E-state index in [2.05, 4.69) is 15.6 Å². The minimum absolute atomic E-state index is 0.00163. The maximum absolute atomic E-state index is 12.0. The maximum Gasteiger partial charge on any atom is 0.230 e. The third kappa shape index (κ3) is 3.23. The Bertz CT molecular complexity index is 571. The molecule has 2 heterocycles. The fourth-order valence-corrected chi connectivity index (χ4v) is 3.33. The van der Waals surface area contributed by atoms with Crippen LogP contribution in [0.4, 0.5) is 5.13 Å². The van der Waals surface area contributed by atoms with Gasteiger partial charge in [0.2, 0.25) is 5.91 Å². The first-order valence-corrected chi connectivity index (χ1v) is 7.66. The Morgan fingerprint density at radius 3 is 2.90 bits per heavy atom. The average molecular weight is 287 g/mol. The van der Waals surface area contributed by atoms with Crippen molar-refractivity contribution < 1.29 is 4.79 Å². The summed E-state index contributed by atoms with van der Waals surface area (Å²) in [4.78, 5) is 17.8. The second-order valence-electron chi connectivity index (χ2n) is 4.85. The predicted molar refractivity (Wildman–Crippen MR) is 81.2 cm³/mol. The highest BCUT2D eigenvalue weighted by atomic mass is 32.1. The Hall–Kier alpha value is -1.72. The van der Waals surface area contributed by atoms with Crippen molar-refractivity contribution in [2.45, 2.75) is 19.3 Å². The fourth-order valence-electron chi connectivity index (χ4n) is 2.31. The van der Waals surface area contributed by atoms with Crippen molar-refractivity contribution in [2.24, 2.45) is 0 Å². The minimum atomic E-state index is -0.00163. The van der Waals surface area contributed by atoms with Crippen LogP contribution in [0.2, 0.25) is 0 Å². The molecule has 0 fully saturated rings. The molecule has 0 unspecified atom stereocenters. The van der Waals surface area contributed by atoms with Gasteiger partial charge < -0.3 is 10.6 Å². The third-order valence-corrected chi connectivity index (χ3v) is 4.37. The van der Waals surface area contributed by atoms with Crippen molar-refractivity contribution in [1.82, 2.24) is 10.3 Å². The van der Waals surface area contributed by atoms with Gasteiger partial charge >= 0.3 is 0 Å². The van der Waals surface area contributed by atoms with E-state index in [4.69, 9.17) is 0 Å². The predicted octanol–water partition coefficient (Wildman–Crippen LogP) is 2.01. The summed E-state index contributed by atoms with van der Waals surface area (Å²) in [5, 5.41) is 7.00. The standard InChI is InChI=1S/C15H17N3OS/c19-14(10-11-4-2-1-3-5-11)18-15-17-12-6-8-16-9-7-13(12)20-15/h1-5,16H,6-10H2,(H,17,18,19). The van der Waals surface area contributed by atoms with Gasteiger partial charge in [0.1, 0.15) is 0 Å². The van der Waals surface area contributed by atoms with Crippen LogP contribution in [0.1, 0.15) is 16.1 Å². The number of carbonyl (C=O) groups is 1. The molecule has 1 aromatic heterocycles. The lowest BCUT2D eigenvalue weighted by Crippen LogP contribution is -2.17. The number of carbonyl (C=O) groups excluding carboxylic acids is 1. The van der Waals surface area contributed by atoms with Gasteiger partial charge in [-0.25, -0.2) is 4.98 Å². The van der Waals surface area contributed by atoms with E-state index in [-0.39, 0.29) is 5.91 Å². The zero-order valence-corrected chi connectivity index (χ0v) is 12.0. The molecule has 1 aliphatic heterocycles. The summed E-state index contributed by atoms with van der Waals surface area (Å²) in [6, 6.07) is 9.76. The average Bonchev–Trinajstić information content (AvgIpc) is 2.68. The molecule has 0 aliphatic carbocycles. The number of hydrogen-bond donors (Lipinski definition) is 2. The first-order valence-electron chi connectivity index (χ1n) is 6.84. The van der Waals surface area contributed by atoms with Gasteiger partial charge in [-0.3, -0.25) is 4.79 Å². The second kappa shape index (κ2) is 6.15. The Morgan fingerprint density at radius 2 is 2.05 bits per heavy atom. The number of fused-ring (bicyclic) bond motifs is 1. The molecule has 0 radical (unpaired) electrons. The summed E-state index contributed by atoms with van der Waals surface area (Å²) >= 11 is 1.60. The van der Waals surface area contributed by atoms with Crippen molar-refractivity contribution in [1.29, 1.82) is 0 Å². The third-order valence-electron chi connectivity index (χ3n) is 3.30. The summed E-state index contributed by atoms with van der Waals surface area (Å²) in [5.41, 5.74) is 2.15. The van der Waals surface area contributed by atoms with Gasteiger partial charge in [-0.2, -0.15) is 0 Å². The Labute approximate surface area is 122 Å². The van der Waals surface area contributed by atoms with E-state index in [1.165, 1.54) is 4.88 Å². The smallest absolute Gasteiger partial charge is 0.230 e. The molecule has 4 nitrogen and oxygen atoms in total. The van der Waals surface area contributed by atoms with E-state index in [0.717, 1.165) is 42.3 Å². The highest BCUT2D eigenvalue weighted by molar-refractivity contribution is 7.15. The highest BCUT2D eigenvalue weighted by Crippen LogP contribution is 2.25. The molecular formula is C15H17N3OS. The number of thiazole rings is 1. The van der Waals surface area contributed by atoms with Gasteiger partial charge in [0, 0.05) is 24.4 Å². The van der Waals surface area contributed by atoms with Crippen molar-refractivity contribution in [3.63, 3.8) is 0 Å². The molecule has 0 atom stereocenters. The molecule has 1 amide bonds. The number of rotatable bonds is 3. The number of benzene rings is 1. The molecule has 0 bridgehead atoms. The van der Waals surface area contributed by atoms with Crippen molar-refractivity contribution in [3.05, 3.63) is 46.5 Å². The number of hydrogen-bond acceptors (Lipinski definition) is 4. The molecule has 0 saturated carbocycles. The van der Waals surface area contributed by atoms with Crippen LogP contribution in [-0.4, -0.2) is 24.0 Å². The van der Waals surface area contributed by atoms with Gasteiger partial charge in [-0.05, 0) is 12.0 Å². The SMILES string of the molecule is O=C(Cc1ccccc1)Nc1nc2c(s1)CCNCC2.